The van der Waals surface area contributed by atoms with Crippen LogP contribution in [0.2, 0.25) is 0 Å². The Labute approximate surface area is 318 Å². The smallest absolute Gasteiger partial charge is 0.162 e. The van der Waals surface area contributed by atoms with Crippen LogP contribution in [0.3, 0.4) is 0 Å². The summed E-state index contributed by atoms with van der Waals surface area (Å²) in [5.74, 6) is 1.63. The van der Waals surface area contributed by atoms with Gasteiger partial charge in [0.2, 0.25) is 0 Å². The minimum absolute atomic E-state index is 0.716. The first-order valence-corrected chi connectivity index (χ1v) is 19.5. The number of para-hydroxylation sites is 2. The molecular formula is C50H28N4S. The van der Waals surface area contributed by atoms with Crippen LogP contribution in [0.4, 0.5) is 0 Å². The summed E-state index contributed by atoms with van der Waals surface area (Å²) in [4.78, 5) is 11.0. The van der Waals surface area contributed by atoms with Crippen LogP contribution in [0, 0.1) is 0 Å². The average Bonchev–Trinajstić information content (AvgIpc) is 3.99. The van der Waals surface area contributed by atoms with Crippen LogP contribution < -0.4 is 0 Å². The van der Waals surface area contributed by atoms with E-state index in [1.165, 1.54) is 86.5 Å². The zero-order valence-electron chi connectivity index (χ0n) is 29.4. The Morgan fingerprint density at radius 1 is 0.418 bits per heavy atom. The summed E-state index contributed by atoms with van der Waals surface area (Å²) in [6.45, 7) is 0. The lowest BCUT2D eigenvalue weighted by atomic mass is 10.0. The molecule has 0 unspecified atom stereocenters. The first-order chi connectivity index (χ1) is 27.3. The average molecular weight is 717 g/mol. The lowest BCUT2D eigenvalue weighted by molar-refractivity contribution is 1.09. The van der Waals surface area contributed by atoms with Gasteiger partial charge in [-0.1, -0.05) is 146 Å². The SMILES string of the molecule is c1ccc(-c2ccc(-c3nc(-n4c5c6ccccc6ccc5c5cc6c7ccccc7n7c8ccccc8c(c54)c67)c4sc5ccccc5c4n3)cc2)cc1. The molecule has 55 heavy (non-hydrogen) atoms. The minimum Gasteiger partial charge on any atom is -0.308 e. The Hall–Kier alpha value is -7.08. The molecule has 8 aromatic carbocycles. The first-order valence-electron chi connectivity index (χ1n) is 18.7. The summed E-state index contributed by atoms with van der Waals surface area (Å²) in [7, 11) is 0. The standard InChI is InChI=1S/C50H28N4S/c1-2-12-29(13-3-1)30-22-24-32(25-23-30)49-51-44-37-18-8-11-21-42(37)55-48(44)50(52-49)54-45-33-15-5-4-14-31(33)26-27-35(45)39-28-38-34-16-6-9-19-40(34)53-41-20-10-7-17-36(41)43(46(38)53)47(39)54/h1-28H. The summed E-state index contributed by atoms with van der Waals surface area (Å²) >= 11 is 1.78. The number of hydrogen-bond donors (Lipinski definition) is 0. The molecule has 0 aliphatic heterocycles. The number of hydrogen-bond acceptors (Lipinski definition) is 3. The molecule has 0 N–H and O–H groups in total. The monoisotopic (exact) mass is 716 g/mol. The van der Waals surface area contributed by atoms with E-state index < -0.39 is 0 Å². The molecule has 0 fully saturated rings. The van der Waals surface area contributed by atoms with Crippen LogP contribution in [0.25, 0.3) is 119 Å². The van der Waals surface area contributed by atoms with E-state index in [2.05, 4.69) is 179 Å². The third-order valence-electron chi connectivity index (χ3n) is 11.6. The van der Waals surface area contributed by atoms with Gasteiger partial charge in [0.1, 0.15) is 0 Å². The quantitative estimate of drug-likeness (QED) is 0.182. The lowest BCUT2D eigenvalue weighted by Gasteiger charge is -2.13. The molecule has 4 nitrogen and oxygen atoms in total. The maximum absolute atomic E-state index is 5.65. The molecule has 13 aromatic rings. The highest BCUT2D eigenvalue weighted by atomic mass is 32.1. The second-order valence-corrected chi connectivity index (χ2v) is 15.6. The molecule has 5 heteroatoms. The van der Waals surface area contributed by atoms with Crippen molar-refractivity contribution in [1.29, 1.82) is 0 Å². The van der Waals surface area contributed by atoms with Crippen LogP contribution >= 0.6 is 11.3 Å². The Balaban J connectivity index is 1.24. The van der Waals surface area contributed by atoms with Crippen LogP contribution in [-0.4, -0.2) is 18.9 Å². The fourth-order valence-electron chi connectivity index (χ4n) is 9.28. The molecule has 0 aliphatic rings. The largest absolute Gasteiger partial charge is 0.308 e. The van der Waals surface area contributed by atoms with Gasteiger partial charge in [0.25, 0.3) is 0 Å². The Kier molecular flexibility index (Phi) is 5.74. The number of aromatic nitrogens is 4. The van der Waals surface area contributed by atoms with E-state index >= 15 is 0 Å². The van der Waals surface area contributed by atoms with Crippen molar-refractivity contribution in [2.24, 2.45) is 0 Å². The molecule has 5 aromatic heterocycles. The van der Waals surface area contributed by atoms with E-state index in [1.54, 1.807) is 11.3 Å². The van der Waals surface area contributed by atoms with Gasteiger partial charge in [0.05, 0.1) is 37.8 Å². The second-order valence-electron chi connectivity index (χ2n) is 14.5. The normalized spacial score (nSPS) is 12.4. The van der Waals surface area contributed by atoms with Crippen molar-refractivity contribution >= 4 is 102 Å². The second kappa shape index (κ2) is 10.8. The van der Waals surface area contributed by atoms with E-state index in [9.17, 15) is 0 Å². The molecule has 0 spiro atoms. The van der Waals surface area contributed by atoms with Crippen molar-refractivity contribution < 1.29 is 0 Å². The Bertz CT molecular complexity index is 3700. The van der Waals surface area contributed by atoms with Gasteiger partial charge in [-0.05, 0) is 40.8 Å². The maximum atomic E-state index is 5.65. The van der Waals surface area contributed by atoms with E-state index in [4.69, 9.17) is 9.97 Å². The van der Waals surface area contributed by atoms with E-state index in [-0.39, 0.29) is 0 Å². The van der Waals surface area contributed by atoms with Crippen molar-refractivity contribution in [3.8, 4) is 28.3 Å². The topological polar surface area (TPSA) is 35.1 Å². The van der Waals surface area contributed by atoms with Gasteiger partial charge in [-0.25, -0.2) is 9.97 Å². The molecule has 0 saturated carbocycles. The van der Waals surface area contributed by atoms with Crippen LogP contribution in [0.1, 0.15) is 0 Å². The lowest BCUT2D eigenvalue weighted by Crippen LogP contribution is -2.02. The molecular weight excluding hydrogens is 689 g/mol. The summed E-state index contributed by atoms with van der Waals surface area (Å²) in [6.07, 6.45) is 0. The third-order valence-corrected chi connectivity index (χ3v) is 12.8. The fraction of sp³-hybridized carbons (Fsp3) is 0. The van der Waals surface area contributed by atoms with Gasteiger partial charge in [0.15, 0.2) is 11.6 Å². The predicted octanol–water partition coefficient (Wildman–Crippen LogP) is 13.6. The number of benzene rings is 8. The maximum Gasteiger partial charge on any atom is 0.162 e. The Morgan fingerprint density at radius 2 is 1.05 bits per heavy atom. The summed E-state index contributed by atoms with van der Waals surface area (Å²) < 4.78 is 7.25. The number of nitrogens with zero attached hydrogens (tertiary/aromatic N) is 4. The molecule has 0 radical (unpaired) electrons. The molecule has 0 bridgehead atoms. The van der Waals surface area contributed by atoms with Crippen molar-refractivity contribution in [1.82, 2.24) is 18.9 Å². The molecule has 5 heterocycles. The van der Waals surface area contributed by atoms with E-state index in [1.807, 2.05) is 0 Å². The van der Waals surface area contributed by atoms with Crippen molar-refractivity contribution in [2.45, 2.75) is 0 Å². The highest BCUT2D eigenvalue weighted by Gasteiger charge is 2.27. The Morgan fingerprint density at radius 3 is 1.89 bits per heavy atom. The van der Waals surface area contributed by atoms with Crippen molar-refractivity contribution in [3.63, 3.8) is 0 Å². The number of thiophene rings is 1. The van der Waals surface area contributed by atoms with Crippen LogP contribution in [-0.2, 0) is 0 Å². The first kappa shape index (κ1) is 29.4. The van der Waals surface area contributed by atoms with Gasteiger partial charge in [-0.15, -0.1) is 11.3 Å². The van der Waals surface area contributed by atoms with E-state index in [0.29, 0.717) is 5.82 Å². The molecule has 254 valence electrons. The van der Waals surface area contributed by atoms with Gasteiger partial charge in [-0.2, -0.15) is 0 Å². The highest BCUT2D eigenvalue weighted by molar-refractivity contribution is 7.26. The fourth-order valence-corrected chi connectivity index (χ4v) is 10.4. The highest BCUT2D eigenvalue weighted by Crippen LogP contribution is 2.49. The van der Waals surface area contributed by atoms with Gasteiger partial charge < -0.3 is 4.40 Å². The summed E-state index contributed by atoms with van der Waals surface area (Å²) in [5.41, 5.74) is 10.4. The molecule has 0 amide bonds. The summed E-state index contributed by atoms with van der Waals surface area (Å²) in [6, 6.07) is 61.4. The third kappa shape index (κ3) is 3.89. The van der Waals surface area contributed by atoms with Crippen LogP contribution in [0.5, 0.6) is 0 Å². The minimum atomic E-state index is 0.716. The van der Waals surface area contributed by atoms with Crippen LogP contribution in [0.15, 0.2) is 170 Å². The van der Waals surface area contributed by atoms with Crippen molar-refractivity contribution in [3.05, 3.63) is 170 Å². The molecule has 13 rings (SSSR count). The van der Waals surface area contributed by atoms with Gasteiger partial charge in [-0.3, -0.25) is 4.57 Å². The summed E-state index contributed by atoms with van der Waals surface area (Å²) in [5, 5.41) is 11.0. The number of fused-ring (bicyclic) bond motifs is 15. The molecule has 0 saturated heterocycles. The molecule has 0 atom stereocenters. The zero-order chi connectivity index (χ0) is 35.8. The number of rotatable bonds is 3. The molecule has 0 aliphatic carbocycles. The van der Waals surface area contributed by atoms with E-state index in [0.717, 1.165) is 27.0 Å². The van der Waals surface area contributed by atoms with Crippen molar-refractivity contribution in [2.75, 3.05) is 0 Å². The van der Waals surface area contributed by atoms with Gasteiger partial charge in [0, 0.05) is 53.4 Å². The van der Waals surface area contributed by atoms with Gasteiger partial charge >= 0.3 is 0 Å². The zero-order valence-corrected chi connectivity index (χ0v) is 30.2. The predicted molar refractivity (Wildman–Crippen MR) is 232 cm³/mol.